The zero-order valence-electron chi connectivity index (χ0n) is 12.8. The molecule has 0 spiro atoms. The van der Waals surface area contributed by atoms with Gasteiger partial charge in [-0.15, -0.1) is 11.3 Å². The molecule has 23 heavy (non-hydrogen) atoms. The minimum Gasteiger partial charge on any atom is -0.293 e. The van der Waals surface area contributed by atoms with E-state index in [-0.39, 0.29) is 5.78 Å². The molecule has 1 aromatic carbocycles. The first kappa shape index (κ1) is 14.8. The highest BCUT2D eigenvalue weighted by Crippen LogP contribution is 2.40. The number of thiophene rings is 1. The number of Topliss-reactive ketones (excluding diaryl/α,β-unsaturated/α-hetero) is 1. The van der Waals surface area contributed by atoms with E-state index in [1.54, 1.807) is 17.7 Å². The zero-order chi connectivity index (χ0) is 15.8. The van der Waals surface area contributed by atoms with Crippen molar-refractivity contribution >= 4 is 39.1 Å². The summed E-state index contributed by atoms with van der Waals surface area (Å²) >= 11 is 3.32. The second-order valence-corrected chi connectivity index (χ2v) is 7.84. The normalized spacial score (nSPS) is 13.4. The maximum Gasteiger partial charge on any atom is 0.173 e. The van der Waals surface area contributed by atoms with Crippen LogP contribution in [0.4, 0.5) is 0 Å². The van der Waals surface area contributed by atoms with Crippen molar-refractivity contribution in [1.82, 2.24) is 9.97 Å². The lowest BCUT2D eigenvalue weighted by molar-refractivity contribution is 0.102. The van der Waals surface area contributed by atoms with Crippen LogP contribution in [-0.4, -0.2) is 21.5 Å². The van der Waals surface area contributed by atoms with Crippen LogP contribution in [0.15, 0.2) is 35.6 Å². The van der Waals surface area contributed by atoms with Gasteiger partial charge < -0.3 is 0 Å². The molecule has 0 atom stereocenters. The third-order valence-electron chi connectivity index (χ3n) is 4.18. The van der Waals surface area contributed by atoms with Gasteiger partial charge in [-0.2, -0.15) is 0 Å². The third kappa shape index (κ3) is 2.79. The fourth-order valence-electron chi connectivity index (χ4n) is 2.97. The third-order valence-corrected chi connectivity index (χ3v) is 6.37. The van der Waals surface area contributed by atoms with Crippen molar-refractivity contribution in [2.75, 3.05) is 5.75 Å². The Labute approximate surface area is 143 Å². The molecule has 0 saturated carbocycles. The van der Waals surface area contributed by atoms with E-state index in [2.05, 4.69) is 9.97 Å². The van der Waals surface area contributed by atoms with Crippen LogP contribution in [0.1, 0.15) is 32.8 Å². The molecule has 5 heteroatoms. The lowest BCUT2D eigenvalue weighted by Crippen LogP contribution is -2.02. The molecule has 2 aromatic heterocycles. The Bertz CT molecular complexity index is 884. The average Bonchev–Trinajstić information content (AvgIpc) is 3.14. The van der Waals surface area contributed by atoms with Crippen molar-refractivity contribution in [3.63, 3.8) is 0 Å². The van der Waals surface area contributed by atoms with Gasteiger partial charge in [-0.1, -0.05) is 41.6 Å². The number of hydrogen-bond acceptors (Lipinski definition) is 5. The summed E-state index contributed by atoms with van der Waals surface area (Å²) in [4.78, 5) is 23.7. The summed E-state index contributed by atoms with van der Waals surface area (Å²) in [7, 11) is 0. The second-order valence-electron chi connectivity index (χ2n) is 5.79. The van der Waals surface area contributed by atoms with Crippen molar-refractivity contribution in [2.24, 2.45) is 0 Å². The Balaban J connectivity index is 1.58. The summed E-state index contributed by atoms with van der Waals surface area (Å²) in [5.41, 5.74) is 3.35. The van der Waals surface area contributed by atoms with Gasteiger partial charge in [0.15, 0.2) is 5.78 Å². The van der Waals surface area contributed by atoms with Gasteiger partial charge in [0.05, 0.1) is 5.75 Å². The molecule has 0 unspecified atom stereocenters. The van der Waals surface area contributed by atoms with Crippen LogP contribution in [0.5, 0.6) is 0 Å². The first-order valence-corrected chi connectivity index (χ1v) is 9.50. The van der Waals surface area contributed by atoms with Gasteiger partial charge >= 0.3 is 0 Å². The minimum absolute atomic E-state index is 0.147. The molecule has 3 aromatic rings. The number of thioether (sulfide) groups is 1. The molecule has 0 radical (unpaired) electrons. The van der Waals surface area contributed by atoms with E-state index in [0.29, 0.717) is 5.75 Å². The number of hydrogen-bond donors (Lipinski definition) is 0. The maximum absolute atomic E-state index is 12.4. The van der Waals surface area contributed by atoms with E-state index in [1.807, 2.05) is 31.2 Å². The molecule has 4 rings (SSSR count). The molecule has 0 N–H and O–H groups in total. The highest BCUT2D eigenvalue weighted by Gasteiger charge is 2.21. The lowest BCUT2D eigenvalue weighted by Gasteiger charge is -2.04. The van der Waals surface area contributed by atoms with Crippen LogP contribution in [0, 0.1) is 6.92 Å². The fraction of sp³-hybridized carbons (Fsp3) is 0.278. The van der Waals surface area contributed by atoms with Gasteiger partial charge in [-0.25, -0.2) is 9.97 Å². The number of nitrogens with zero attached hydrogens (tertiary/aromatic N) is 2. The number of carbonyl (C=O) groups is 1. The van der Waals surface area contributed by atoms with Crippen molar-refractivity contribution in [3.8, 4) is 0 Å². The van der Waals surface area contributed by atoms with E-state index < -0.39 is 0 Å². The Morgan fingerprint density at radius 1 is 1.22 bits per heavy atom. The monoisotopic (exact) mass is 340 g/mol. The van der Waals surface area contributed by atoms with E-state index >= 15 is 0 Å². The van der Waals surface area contributed by atoms with Gasteiger partial charge in [-0.3, -0.25) is 4.79 Å². The Morgan fingerprint density at radius 2 is 2.04 bits per heavy atom. The first-order valence-electron chi connectivity index (χ1n) is 7.70. The van der Waals surface area contributed by atoms with Gasteiger partial charge in [0.1, 0.15) is 16.2 Å². The summed E-state index contributed by atoms with van der Waals surface area (Å²) in [6.45, 7) is 2.03. The summed E-state index contributed by atoms with van der Waals surface area (Å²) < 4.78 is 0. The molecule has 1 aliphatic carbocycles. The van der Waals surface area contributed by atoms with Crippen LogP contribution >= 0.6 is 23.1 Å². The molecular weight excluding hydrogens is 324 g/mol. The molecule has 0 saturated heterocycles. The van der Waals surface area contributed by atoms with E-state index in [4.69, 9.17) is 0 Å². The maximum atomic E-state index is 12.4. The highest BCUT2D eigenvalue weighted by atomic mass is 32.2. The summed E-state index contributed by atoms with van der Waals surface area (Å²) in [6, 6.07) is 7.76. The number of aromatic nitrogens is 2. The van der Waals surface area contributed by atoms with Crippen molar-refractivity contribution in [3.05, 3.63) is 52.2 Å². The van der Waals surface area contributed by atoms with Gasteiger partial charge in [0.2, 0.25) is 0 Å². The number of rotatable bonds is 4. The molecule has 3 nitrogen and oxygen atoms in total. The van der Waals surface area contributed by atoms with Gasteiger partial charge in [0.25, 0.3) is 0 Å². The number of ketones is 1. The number of benzene rings is 1. The largest absolute Gasteiger partial charge is 0.293 e. The molecular formula is C18H16N2OS2. The molecule has 0 bridgehead atoms. The van der Waals surface area contributed by atoms with E-state index in [9.17, 15) is 4.79 Å². The molecule has 0 aliphatic heterocycles. The first-order chi connectivity index (χ1) is 11.2. The Hall–Kier alpha value is -1.72. The summed E-state index contributed by atoms with van der Waals surface area (Å²) in [6.07, 6.45) is 5.11. The van der Waals surface area contributed by atoms with Crippen LogP contribution in [0.25, 0.3) is 10.2 Å². The molecule has 0 fully saturated rings. The zero-order valence-corrected chi connectivity index (χ0v) is 14.5. The van der Waals surface area contributed by atoms with E-state index in [1.165, 1.54) is 39.6 Å². The second kappa shape index (κ2) is 6.06. The minimum atomic E-state index is 0.147. The van der Waals surface area contributed by atoms with Crippen molar-refractivity contribution in [1.29, 1.82) is 0 Å². The van der Waals surface area contributed by atoms with Crippen molar-refractivity contribution in [2.45, 2.75) is 31.2 Å². The lowest BCUT2D eigenvalue weighted by atomic mass is 10.1. The Morgan fingerprint density at radius 3 is 2.87 bits per heavy atom. The molecule has 1 aliphatic rings. The number of carbonyl (C=O) groups excluding carboxylic acids is 1. The van der Waals surface area contributed by atoms with Crippen LogP contribution in [-0.2, 0) is 12.8 Å². The molecule has 2 heterocycles. The van der Waals surface area contributed by atoms with Gasteiger partial charge in [0, 0.05) is 15.8 Å². The summed E-state index contributed by atoms with van der Waals surface area (Å²) in [5, 5.41) is 2.14. The van der Waals surface area contributed by atoms with Crippen LogP contribution in [0.2, 0.25) is 0 Å². The standard InChI is InChI=1S/C18H16N2OS2/c1-11-5-7-12(8-6-11)14(21)9-22-17-16-13-3-2-4-15(13)23-18(16)20-10-19-17/h5-8,10H,2-4,9H2,1H3. The number of fused-ring (bicyclic) bond motifs is 3. The topological polar surface area (TPSA) is 42.9 Å². The Kier molecular flexibility index (Phi) is 3.91. The summed E-state index contributed by atoms with van der Waals surface area (Å²) in [5.74, 6) is 0.563. The smallest absolute Gasteiger partial charge is 0.173 e. The molecule has 0 amide bonds. The quantitative estimate of drug-likeness (QED) is 0.399. The number of aryl methyl sites for hydroxylation is 3. The fourth-order valence-corrected chi connectivity index (χ4v) is 5.18. The predicted octanol–water partition coefficient (Wildman–Crippen LogP) is 4.46. The molecule has 116 valence electrons. The van der Waals surface area contributed by atoms with Crippen LogP contribution in [0.3, 0.4) is 0 Å². The van der Waals surface area contributed by atoms with Gasteiger partial charge in [-0.05, 0) is 31.7 Å². The van der Waals surface area contributed by atoms with Crippen LogP contribution < -0.4 is 0 Å². The van der Waals surface area contributed by atoms with Crippen molar-refractivity contribution < 1.29 is 4.79 Å². The predicted molar refractivity (Wildman–Crippen MR) is 95.7 cm³/mol. The SMILES string of the molecule is Cc1ccc(C(=O)CSc2ncnc3sc4c(c23)CCC4)cc1. The highest BCUT2D eigenvalue weighted by molar-refractivity contribution is 8.00. The average molecular weight is 340 g/mol. The van der Waals surface area contributed by atoms with E-state index in [0.717, 1.165) is 28.3 Å².